The molecule has 28 heavy (non-hydrogen) atoms. The quantitative estimate of drug-likeness (QED) is 0.218. The largest absolute Gasteiger partial charge is 0.462 e. The molecule has 0 spiro atoms. The van der Waals surface area contributed by atoms with Gasteiger partial charge in [0.1, 0.15) is 11.6 Å². The van der Waals surface area contributed by atoms with Crippen molar-refractivity contribution in [2.75, 3.05) is 11.9 Å². The number of rotatable bonds is 6. The zero-order valence-electron chi connectivity index (χ0n) is 14.9. The van der Waals surface area contributed by atoms with Crippen molar-refractivity contribution in [3.63, 3.8) is 0 Å². The van der Waals surface area contributed by atoms with Crippen LogP contribution in [-0.2, 0) is 9.53 Å². The molecule has 1 heterocycles. The normalized spacial score (nSPS) is 11.1. The number of para-hydroxylation sites is 1. The van der Waals surface area contributed by atoms with Gasteiger partial charge >= 0.3 is 5.97 Å². The Hall–Kier alpha value is -4.12. The number of nitrogens with zero attached hydrogens (tertiary/aromatic N) is 2. The number of carbonyl (C=O) groups excluding carboxylic acids is 1. The maximum Gasteiger partial charge on any atom is 0.348 e. The fourth-order valence-electron chi connectivity index (χ4n) is 2.71. The highest BCUT2D eigenvalue weighted by Gasteiger charge is 2.15. The number of hydrogen-bond acceptors (Lipinski definition) is 6. The Labute approximate surface area is 160 Å². The minimum atomic E-state index is -0.704. The Balaban J connectivity index is 2.05. The fourth-order valence-corrected chi connectivity index (χ4v) is 2.71. The van der Waals surface area contributed by atoms with Crippen molar-refractivity contribution in [3.8, 4) is 6.07 Å². The van der Waals surface area contributed by atoms with E-state index in [9.17, 15) is 20.2 Å². The average molecular weight is 376 g/mol. The van der Waals surface area contributed by atoms with E-state index in [-0.39, 0.29) is 17.9 Å². The molecule has 2 N–H and O–H groups in total. The number of esters is 1. The second-order valence-corrected chi connectivity index (χ2v) is 5.78. The lowest BCUT2D eigenvalue weighted by atomic mass is 10.1. The van der Waals surface area contributed by atoms with Gasteiger partial charge in [-0.25, -0.2) is 4.79 Å². The molecule has 3 aromatic rings. The number of benzene rings is 2. The van der Waals surface area contributed by atoms with Gasteiger partial charge in [0, 0.05) is 28.7 Å². The Morgan fingerprint density at radius 1 is 1.29 bits per heavy atom. The summed E-state index contributed by atoms with van der Waals surface area (Å²) in [6.07, 6.45) is 1.42. The van der Waals surface area contributed by atoms with Gasteiger partial charge in [-0.1, -0.05) is 18.2 Å². The summed E-state index contributed by atoms with van der Waals surface area (Å²) in [6, 6.07) is 15.3. The first-order valence-corrected chi connectivity index (χ1v) is 8.44. The van der Waals surface area contributed by atoms with Gasteiger partial charge in [0.15, 0.2) is 0 Å². The van der Waals surface area contributed by atoms with Crippen molar-refractivity contribution in [1.29, 1.82) is 5.26 Å². The lowest BCUT2D eigenvalue weighted by molar-refractivity contribution is -0.384. The molecule has 0 atom stereocenters. The molecular formula is C20H16N4O4. The van der Waals surface area contributed by atoms with Gasteiger partial charge in [-0.15, -0.1) is 0 Å². The van der Waals surface area contributed by atoms with Crippen LogP contribution in [0.3, 0.4) is 0 Å². The predicted octanol–water partition coefficient (Wildman–Crippen LogP) is 4.29. The molecule has 0 fully saturated rings. The zero-order valence-corrected chi connectivity index (χ0v) is 14.9. The molecule has 0 aliphatic heterocycles. The van der Waals surface area contributed by atoms with Crippen LogP contribution in [0, 0.1) is 21.4 Å². The average Bonchev–Trinajstić information content (AvgIpc) is 3.04. The summed E-state index contributed by atoms with van der Waals surface area (Å²) in [4.78, 5) is 25.5. The van der Waals surface area contributed by atoms with Crippen LogP contribution in [-0.4, -0.2) is 22.5 Å². The van der Waals surface area contributed by atoms with Crippen LogP contribution in [0.5, 0.6) is 0 Å². The highest BCUT2D eigenvalue weighted by atomic mass is 16.6. The van der Waals surface area contributed by atoms with Crippen LogP contribution in [0.15, 0.2) is 54.1 Å². The fraction of sp³-hybridized carbons (Fsp3) is 0.100. The van der Waals surface area contributed by atoms with Crippen LogP contribution in [0.4, 0.5) is 17.1 Å². The van der Waals surface area contributed by atoms with Crippen molar-refractivity contribution in [3.05, 3.63) is 69.9 Å². The number of fused-ring (bicyclic) bond motifs is 1. The van der Waals surface area contributed by atoms with E-state index < -0.39 is 10.9 Å². The molecule has 8 heteroatoms. The van der Waals surface area contributed by atoms with E-state index in [1.807, 2.05) is 30.3 Å². The van der Waals surface area contributed by atoms with E-state index in [4.69, 9.17) is 4.74 Å². The molecule has 1 aromatic heterocycles. The first-order chi connectivity index (χ1) is 13.5. The number of nitriles is 1. The Bertz CT molecular complexity index is 1110. The van der Waals surface area contributed by atoms with E-state index in [1.54, 1.807) is 19.1 Å². The number of aromatic nitrogens is 1. The Morgan fingerprint density at radius 3 is 2.64 bits per heavy atom. The van der Waals surface area contributed by atoms with Gasteiger partial charge in [0.2, 0.25) is 0 Å². The number of H-pyrrole nitrogens is 1. The van der Waals surface area contributed by atoms with Crippen molar-refractivity contribution in [2.24, 2.45) is 0 Å². The van der Waals surface area contributed by atoms with Gasteiger partial charge in [-0.3, -0.25) is 10.1 Å². The third kappa shape index (κ3) is 3.83. The third-order valence-corrected chi connectivity index (χ3v) is 3.99. The highest BCUT2D eigenvalue weighted by molar-refractivity contribution is 6.03. The molecule has 8 nitrogen and oxygen atoms in total. The topological polar surface area (TPSA) is 121 Å². The molecule has 0 saturated carbocycles. The molecule has 0 saturated heterocycles. The highest BCUT2D eigenvalue weighted by Crippen LogP contribution is 2.32. The van der Waals surface area contributed by atoms with Crippen LogP contribution < -0.4 is 5.32 Å². The van der Waals surface area contributed by atoms with Gasteiger partial charge in [-0.2, -0.15) is 5.26 Å². The summed E-state index contributed by atoms with van der Waals surface area (Å²) >= 11 is 0. The van der Waals surface area contributed by atoms with Crippen molar-refractivity contribution in [2.45, 2.75) is 6.92 Å². The number of anilines is 2. The predicted molar refractivity (Wildman–Crippen MR) is 105 cm³/mol. The first-order valence-electron chi connectivity index (χ1n) is 8.44. The van der Waals surface area contributed by atoms with E-state index in [1.165, 1.54) is 18.2 Å². The van der Waals surface area contributed by atoms with Crippen molar-refractivity contribution >= 4 is 40.0 Å². The summed E-state index contributed by atoms with van der Waals surface area (Å²) in [6.45, 7) is 1.83. The lowest BCUT2D eigenvalue weighted by Gasteiger charge is -2.07. The van der Waals surface area contributed by atoms with Gasteiger partial charge in [0.25, 0.3) is 5.69 Å². The third-order valence-electron chi connectivity index (χ3n) is 3.99. The Kier molecular flexibility index (Phi) is 5.37. The first kappa shape index (κ1) is 18.7. The van der Waals surface area contributed by atoms with E-state index in [2.05, 4.69) is 10.3 Å². The van der Waals surface area contributed by atoms with Crippen LogP contribution in [0.2, 0.25) is 0 Å². The molecule has 140 valence electrons. The molecule has 2 aromatic carbocycles. The number of nitro groups is 1. The number of aromatic amines is 1. The van der Waals surface area contributed by atoms with Crippen molar-refractivity contribution in [1.82, 2.24) is 4.98 Å². The van der Waals surface area contributed by atoms with Gasteiger partial charge < -0.3 is 15.0 Å². The van der Waals surface area contributed by atoms with Crippen LogP contribution >= 0.6 is 0 Å². The number of nitrogens with one attached hydrogen (secondary N) is 2. The molecular weight excluding hydrogens is 360 g/mol. The second-order valence-electron chi connectivity index (χ2n) is 5.78. The summed E-state index contributed by atoms with van der Waals surface area (Å²) in [7, 11) is 0. The molecule has 0 aliphatic carbocycles. The second kappa shape index (κ2) is 8.05. The summed E-state index contributed by atoms with van der Waals surface area (Å²) in [5, 5.41) is 24.2. The molecule has 0 aliphatic rings. The smallest absolute Gasteiger partial charge is 0.348 e. The SMILES string of the molecule is CCOC(=O)/C(C#N)=C/c1[nH]c2ccccc2c1Nc1ccc([N+](=O)[O-])cc1. The Morgan fingerprint density at radius 2 is 2.00 bits per heavy atom. The molecule has 3 rings (SSSR count). The maximum atomic E-state index is 12.0. The van der Waals surface area contributed by atoms with Gasteiger partial charge in [0.05, 0.1) is 22.9 Å². The van der Waals surface area contributed by atoms with E-state index in [0.717, 1.165) is 10.9 Å². The number of non-ortho nitro benzene ring substituents is 1. The standard InChI is InChI=1S/C20H16N4O4/c1-2-28-20(25)13(12-21)11-18-19(16-5-3-4-6-17(16)23-18)22-14-7-9-15(10-8-14)24(26)27/h3-11,22-23H,2H2,1H3/b13-11+. The summed E-state index contributed by atoms with van der Waals surface area (Å²) in [5.74, 6) is -0.704. The van der Waals surface area contributed by atoms with E-state index >= 15 is 0 Å². The number of hydrogen-bond donors (Lipinski definition) is 2. The summed E-state index contributed by atoms with van der Waals surface area (Å²) < 4.78 is 4.91. The number of carbonyl (C=O) groups is 1. The number of nitro benzene ring substituents is 1. The van der Waals surface area contributed by atoms with Crippen LogP contribution in [0.25, 0.3) is 17.0 Å². The number of ether oxygens (including phenoxy) is 1. The molecule has 0 bridgehead atoms. The maximum absolute atomic E-state index is 12.0. The summed E-state index contributed by atoms with van der Waals surface area (Å²) in [5.41, 5.74) is 2.43. The van der Waals surface area contributed by atoms with Crippen LogP contribution in [0.1, 0.15) is 12.6 Å². The van der Waals surface area contributed by atoms with Gasteiger partial charge in [-0.05, 0) is 31.2 Å². The molecule has 0 amide bonds. The zero-order chi connectivity index (χ0) is 20.1. The minimum absolute atomic E-state index is 0.0151. The molecule has 0 radical (unpaired) electrons. The molecule has 0 unspecified atom stereocenters. The lowest BCUT2D eigenvalue weighted by Crippen LogP contribution is -2.06. The monoisotopic (exact) mass is 376 g/mol. The van der Waals surface area contributed by atoms with Crippen molar-refractivity contribution < 1.29 is 14.5 Å². The van der Waals surface area contributed by atoms with E-state index in [0.29, 0.717) is 17.1 Å². The minimum Gasteiger partial charge on any atom is -0.462 e.